The Bertz CT molecular complexity index is 1220. The standard InChI is InChI=1S/C22H16N2O5S/c25-21(26)12-7-15(22-23-18-3-1-2-4-20(18)30-22)13-17-10-11-19(29-17)14-5-8-16(9-6-14)24(27)28/h1-6,8-11,13H,7,12H2,(H,25,26)/b15-13+. The molecule has 4 aromatic rings. The summed E-state index contributed by atoms with van der Waals surface area (Å²) < 4.78 is 6.91. The highest BCUT2D eigenvalue weighted by molar-refractivity contribution is 7.19. The maximum absolute atomic E-state index is 11.1. The van der Waals surface area contributed by atoms with Gasteiger partial charge in [-0.05, 0) is 54.5 Å². The first-order valence-corrected chi connectivity index (χ1v) is 9.94. The molecule has 2 heterocycles. The fraction of sp³-hybridized carbons (Fsp3) is 0.0909. The molecule has 0 aliphatic rings. The van der Waals surface area contributed by atoms with Crippen molar-refractivity contribution in [3.8, 4) is 11.3 Å². The molecule has 2 aromatic carbocycles. The van der Waals surface area contributed by atoms with Crippen LogP contribution < -0.4 is 0 Å². The summed E-state index contributed by atoms with van der Waals surface area (Å²) in [5, 5.41) is 20.7. The Morgan fingerprint density at radius 1 is 1.10 bits per heavy atom. The second-order valence-corrected chi connectivity index (χ2v) is 7.59. The van der Waals surface area contributed by atoms with Gasteiger partial charge in [0.15, 0.2) is 0 Å². The number of aromatic nitrogens is 1. The van der Waals surface area contributed by atoms with Crippen LogP contribution in [0, 0.1) is 10.1 Å². The fourth-order valence-electron chi connectivity index (χ4n) is 3.00. The monoisotopic (exact) mass is 420 g/mol. The lowest BCUT2D eigenvalue weighted by atomic mass is 10.1. The summed E-state index contributed by atoms with van der Waals surface area (Å²) in [6.45, 7) is 0. The third-order valence-electron chi connectivity index (χ3n) is 4.48. The lowest BCUT2D eigenvalue weighted by molar-refractivity contribution is -0.384. The summed E-state index contributed by atoms with van der Waals surface area (Å²) in [6, 6.07) is 17.4. The number of carboxylic acid groups (broad SMARTS) is 1. The van der Waals surface area contributed by atoms with Crippen LogP contribution in [0.4, 0.5) is 5.69 Å². The molecular formula is C22H16N2O5S. The quantitative estimate of drug-likeness (QED) is 0.296. The zero-order valence-corrected chi connectivity index (χ0v) is 16.5. The van der Waals surface area contributed by atoms with Gasteiger partial charge >= 0.3 is 5.97 Å². The number of allylic oxidation sites excluding steroid dienone is 1. The topological polar surface area (TPSA) is 106 Å². The number of fused-ring (bicyclic) bond motifs is 1. The van der Waals surface area contributed by atoms with Crippen LogP contribution in [-0.4, -0.2) is 21.0 Å². The Labute approximate surface area is 175 Å². The van der Waals surface area contributed by atoms with Gasteiger partial charge in [0.1, 0.15) is 16.5 Å². The summed E-state index contributed by atoms with van der Waals surface area (Å²) in [5.41, 5.74) is 2.37. The SMILES string of the molecule is O=C(O)CC/C(=C\c1ccc(-c2ccc([N+](=O)[O-])cc2)o1)c1nc2ccccc2s1. The van der Waals surface area contributed by atoms with Crippen LogP contribution in [-0.2, 0) is 4.79 Å². The van der Waals surface area contributed by atoms with Crippen LogP contribution in [0.5, 0.6) is 0 Å². The number of carbonyl (C=O) groups is 1. The van der Waals surface area contributed by atoms with Gasteiger partial charge < -0.3 is 9.52 Å². The van der Waals surface area contributed by atoms with Crippen LogP contribution in [0.15, 0.2) is 65.1 Å². The van der Waals surface area contributed by atoms with E-state index in [2.05, 4.69) is 4.98 Å². The molecule has 2 aromatic heterocycles. The predicted molar refractivity (Wildman–Crippen MR) is 115 cm³/mol. The number of thiazole rings is 1. The van der Waals surface area contributed by atoms with E-state index in [1.807, 2.05) is 24.3 Å². The molecule has 0 fully saturated rings. The van der Waals surface area contributed by atoms with E-state index in [0.717, 1.165) is 20.8 Å². The summed E-state index contributed by atoms with van der Waals surface area (Å²) in [4.78, 5) is 26.1. The number of para-hydroxylation sites is 1. The van der Waals surface area contributed by atoms with Gasteiger partial charge in [-0.25, -0.2) is 4.98 Å². The molecule has 0 saturated heterocycles. The third-order valence-corrected chi connectivity index (χ3v) is 5.59. The van der Waals surface area contributed by atoms with Gasteiger partial charge in [0.25, 0.3) is 5.69 Å². The zero-order valence-electron chi connectivity index (χ0n) is 15.6. The molecular weight excluding hydrogens is 404 g/mol. The molecule has 150 valence electrons. The largest absolute Gasteiger partial charge is 0.481 e. The van der Waals surface area contributed by atoms with Gasteiger partial charge in [0.2, 0.25) is 0 Å². The Hall–Kier alpha value is -3.78. The summed E-state index contributed by atoms with van der Waals surface area (Å²) in [6.07, 6.45) is 2.11. The fourth-order valence-corrected chi connectivity index (χ4v) is 4.01. The molecule has 0 aliphatic heterocycles. The number of hydrogen-bond acceptors (Lipinski definition) is 6. The van der Waals surface area contributed by atoms with E-state index in [-0.39, 0.29) is 12.1 Å². The van der Waals surface area contributed by atoms with Crippen molar-refractivity contribution in [2.75, 3.05) is 0 Å². The first-order chi connectivity index (χ1) is 14.5. The Morgan fingerprint density at radius 2 is 1.87 bits per heavy atom. The van der Waals surface area contributed by atoms with E-state index in [9.17, 15) is 14.9 Å². The van der Waals surface area contributed by atoms with Crippen LogP contribution in [0.3, 0.4) is 0 Å². The number of nitro benzene ring substituents is 1. The number of nitro groups is 1. The average Bonchev–Trinajstić information content (AvgIpc) is 3.38. The van der Waals surface area contributed by atoms with Crippen molar-refractivity contribution < 1.29 is 19.2 Å². The van der Waals surface area contributed by atoms with Crippen molar-refractivity contribution in [1.29, 1.82) is 0 Å². The van der Waals surface area contributed by atoms with E-state index in [1.54, 1.807) is 30.3 Å². The normalized spacial score (nSPS) is 11.7. The molecule has 0 atom stereocenters. The first-order valence-electron chi connectivity index (χ1n) is 9.12. The molecule has 0 amide bonds. The average molecular weight is 420 g/mol. The van der Waals surface area contributed by atoms with Crippen LogP contribution in [0.2, 0.25) is 0 Å². The minimum atomic E-state index is -0.881. The highest BCUT2D eigenvalue weighted by atomic mass is 32.1. The van der Waals surface area contributed by atoms with E-state index >= 15 is 0 Å². The molecule has 30 heavy (non-hydrogen) atoms. The van der Waals surface area contributed by atoms with E-state index in [1.165, 1.54) is 23.5 Å². The maximum atomic E-state index is 11.1. The highest BCUT2D eigenvalue weighted by Crippen LogP contribution is 2.32. The van der Waals surface area contributed by atoms with E-state index in [4.69, 9.17) is 9.52 Å². The number of nitrogens with zero attached hydrogens (tertiary/aromatic N) is 2. The van der Waals surface area contributed by atoms with Gasteiger partial charge in [0.05, 0.1) is 15.1 Å². The number of benzene rings is 2. The van der Waals surface area contributed by atoms with Crippen molar-refractivity contribution in [3.63, 3.8) is 0 Å². The van der Waals surface area contributed by atoms with E-state index < -0.39 is 10.9 Å². The molecule has 0 unspecified atom stereocenters. The van der Waals surface area contributed by atoms with Crippen molar-refractivity contribution in [2.45, 2.75) is 12.8 Å². The minimum absolute atomic E-state index is 0.0113. The van der Waals surface area contributed by atoms with Crippen molar-refractivity contribution in [2.24, 2.45) is 0 Å². The van der Waals surface area contributed by atoms with Gasteiger partial charge in [-0.3, -0.25) is 14.9 Å². The molecule has 1 N–H and O–H groups in total. The van der Waals surface area contributed by atoms with E-state index in [0.29, 0.717) is 23.5 Å². The van der Waals surface area contributed by atoms with Crippen LogP contribution >= 0.6 is 11.3 Å². The van der Waals surface area contributed by atoms with Crippen LogP contribution in [0.1, 0.15) is 23.6 Å². The smallest absolute Gasteiger partial charge is 0.303 e. The third kappa shape index (κ3) is 4.28. The van der Waals surface area contributed by atoms with Crippen LogP contribution in [0.25, 0.3) is 33.2 Å². The molecule has 0 saturated carbocycles. The van der Waals surface area contributed by atoms with Gasteiger partial charge in [-0.1, -0.05) is 12.1 Å². The lowest BCUT2D eigenvalue weighted by Crippen LogP contribution is -1.95. The summed E-state index contributed by atoms with van der Waals surface area (Å²) in [7, 11) is 0. The summed E-state index contributed by atoms with van der Waals surface area (Å²) in [5.74, 6) is 0.244. The van der Waals surface area contributed by atoms with Crippen molar-refractivity contribution >= 4 is 44.9 Å². The second kappa shape index (κ2) is 8.30. The van der Waals surface area contributed by atoms with Crippen molar-refractivity contribution in [3.05, 3.63) is 81.5 Å². The first kappa shape index (κ1) is 19.5. The molecule has 0 radical (unpaired) electrons. The van der Waals surface area contributed by atoms with Crippen molar-refractivity contribution in [1.82, 2.24) is 4.98 Å². The number of furan rings is 1. The van der Waals surface area contributed by atoms with Gasteiger partial charge in [0, 0.05) is 24.1 Å². The molecule has 0 bridgehead atoms. The number of aliphatic carboxylic acids is 1. The number of hydrogen-bond donors (Lipinski definition) is 1. The molecule has 8 heteroatoms. The zero-order chi connectivity index (χ0) is 21.1. The number of carboxylic acids is 1. The highest BCUT2D eigenvalue weighted by Gasteiger charge is 2.13. The van der Waals surface area contributed by atoms with Gasteiger partial charge in [-0.2, -0.15) is 0 Å². The Kier molecular flexibility index (Phi) is 5.40. The lowest BCUT2D eigenvalue weighted by Gasteiger charge is -2.02. The minimum Gasteiger partial charge on any atom is -0.481 e. The van der Waals surface area contributed by atoms with Gasteiger partial charge in [-0.15, -0.1) is 11.3 Å². The Morgan fingerprint density at radius 3 is 2.57 bits per heavy atom. The Balaban J connectivity index is 1.66. The summed E-state index contributed by atoms with van der Waals surface area (Å²) >= 11 is 1.51. The molecule has 7 nitrogen and oxygen atoms in total. The number of non-ortho nitro benzene ring substituents is 1. The molecule has 4 rings (SSSR count). The maximum Gasteiger partial charge on any atom is 0.303 e. The predicted octanol–water partition coefficient (Wildman–Crippen LogP) is 5.87. The number of rotatable bonds is 7. The molecule has 0 spiro atoms. The molecule has 0 aliphatic carbocycles. The second-order valence-electron chi connectivity index (χ2n) is 6.56.